The van der Waals surface area contributed by atoms with Crippen LogP contribution in [0.5, 0.6) is 11.6 Å². The second-order valence-electron chi connectivity index (χ2n) is 7.91. The van der Waals surface area contributed by atoms with Crippen LogP contribution >= 0.6 is 23.2 Å². The van der Waals surface area contributed by atoms with Crippen LogP contribution in [0.15, 0.2) is 83.0 Å². The number of halogens is 2. The van der Waals surface area contributed by atoms with Crippen LogP contribution in [0.3, 0.4) is 0 Å². The third kappa shape index (κ3) is 6.17. The van der Waals surface area contributed by atoms with Crippen LogP contribution in [-0.2, 0) is 16.1 Å². The zero-order chi connectivity index (χ0) is 26.4. The number of hydrogen-bond donors (Lipinski definition) is 2. The first-order valence-corrected chi connectivity index (χ1v) is 11.9. The van der Waals surface area contributed by atoms with Crippen molar-refractivity contribution in [2.75, 3.05) is 13.7 Å². The lowest BCUT2D eigenvalue weighted by Crippen LogP contribution is -2.26. The number of amides is 2. The number of hydrogen-bond acceptors (Lipinski definition) is 5. The molecule has 1 heterocycles. The van der Waals surface area contributed by atoms with E-state index in [4.69, 9.17) is 27.9 Å². The molecule has 0 unspecified atom stereocenters. The topological polar surface area (TPSA) is 105 Å². The third-order valence-electron chi connectivity index (χ3n) is 5.47. The molecule has 8 nitrogen and oxygen atoms in total. The van der Waals surface area contributed by atoms with Crippen molar-refractivity contribution in [2.24, 2.45) is 10.2 Å². The maximum absolute atomic E-state index is 12.3. The average Bonchev–Trinajstić information content (AvgIpc) is 3.17. The first-order valence-electron chi connectivity index (χ1n) is 11.1. The lowest BCUT2D eigenvalue weighted by molar-refractivity contribution is -0.122. The molecule has 2 N–H and O–H groups in total. The highest BCUT2D eigenvalue weighted by atomic mass is 35.5. The van der Waals surface area contributed by atoms with Gasteiger partial charge in [-0.05, 0) is 35.9 Å². The van der Waals surface area contributed by atoms with Crippen LogP contribution in [0.1, 0.15) is 11.1 Å². The Labute approximate surface area is 222 Å². The van der Waals surface area contributed by atoms with Gasteiger partial charge in [-0.2, -0.15) is 0 Å². The quantitative estimate of drug-likeness (QED) is 0.208. The van der Waals surface area contributed by atoms with E-state index in [-0.39, 0.29) is 18.1 Å². The molecule has 0 radical (unpaired) electrons. The lowest BCUT2D eigenvalue weighted by atomic mass is 10.2. The van der Waals surface area contributed by atoms with Crippen LogP contribution in [0.2, 0.25) is 10.0 Å². The fraction of sp³-hybridized carbons (Fsp3) is 0.111. The van der Waals surface area contributed by atoms with Crippen molar-refractivity contribution >= 4 is 57.7 Å². The maximum Gasteiger partial charge on any atom is 0.283 e. The second-order valence-corrected chi connectivity index (χ2v) is 8.73. The summed E-state index contributed by atoms with van der Waals surface area (Å²) >= 11 is 12.1. The molecule has 3 aromatic carbocycles. The lowest BCUT2D eigenvalue weighted by Gasteiger charge is -2.08. The molecular weight excluding hydrogens is 515 g/mol. The van der Waals surface area contributed by atoms with E-state index in [0.717, 1.165) is 11.1 Å². The van der Waals surface area contributed by atoms with Crippen LogP contribution in [0, 0.1) is 0 Å². The Morgan fingerprint density at radius 2 is 1.81 bits per heavy atom. The molecule has 10 heteroatoms. The van der Waals surface area contributed by atoms with Gasteiger partial charge in [-0.1, -0.05) is 65.7 Å². The van der Waals surface area contributed by atoms with Crippen LogP contribution in [-0.4, -0.2) is 35.1 Å². The van der Waals surface area contributed by atoms with Gasteiger partial charge < -0.3 is 19.7 Å². The van der Waals surface area contributed by atoms with E-state index in [1.807, 2.05) is 24.3 Å². The van der Waals surface area contributed by atoms with Gasteiger partial charge in [-0.25, -0.2) is 0 Å². The number of nitrogens with one attached hydrogen (secondary N) is 1. The maximum atomic E-state index is 12.3. The normalized spacial score (nSPS) is 11.4. The zero-order valence-electron chi connectivity index (χ0n) is 19.7. The predicted octanol–water partition coefficient (Wildman–Crippen LogP) is 6.15. The molecule has 4 rings (SSSR count). The molecule has 4 aromatic rings. The van der Waals surface area contributed by atoms with Gasteiger partial charge in [0.05, 0.1) is 29.2 Å². The molecule has 0 aliphatic rings. The number of para-hydroxylation sites is 2. The van der Waals surface area contributed by atoms with Crippen LogP contribution in [0.25, 0.3) is 17.0 Å². The number of nitrogens with zero attached hydrogens (tertiary/aromatic N) is 3. The molecule has 37 heavy (non-hydrogen) atoms. The third-order valence-corrected chi connectivity index (χ3v) is 6.21. The fourth-order valence-corrected chi connectivity index (χ4v) is 4.00. The molecule has 1 aromatic heterocycles. The summed E-state index contributed by atoms with van der Waals surface area (Å²) in [5.41, 5.74) is 2.38. The van der Waals surface area contributed by atoms with Gasteiger partial charge in [0, 0.05) is 17.0 Å². The minimum atomic E-state index is -0.681. The van der Waals surface area contributed by atoms with Gasteiger partial charge in [0.15, 0.2) is 5.69 Å². The molecule has 188 valence electrons. The van der Waals surface area contributed by atoms with Gasteiger partial charge in [-0.3, -0.25) is 9.59 Å². The smallest absolute Gasteiger partial charge is 0.283 e. The predicted molar refractivity (Wildman–Crippen MR) is 144 cm³/mol. The number of rotatable bonds is 8. The number of benzene rings is 3. The summed E-state index contributed by atoms with van der Waals surface area (Å²) < 4.78 is 6.87. The highest BCUT2D eigenvalue weighted by Gasteiger charge is 2.17. The number of carbonyl (C=O) groups excluding carboxylic acids is 2. The van der Waals surface area contributed by atoms with Crippen LogP contribution in [0.4, 0.5) is 5.69 Å². The van der Waals surface area contributed by atoms with Crippen molar-refractivity contribution in [3.8, 4) is 11.6 Å². The number of aromatic nitrogens is 1. The summed E-state index contributed by atoms with van der Waals surface area (Å²) in [6, 6.07) is 19.6. The second kappa shape index (κ2) is 11.7. The van der Waals surface area contributed by atoms with Crippen molar-refractivity contribution in [2.45, 2.75) is 6.54 Å². The van der Waals surface area contributed by atoms with E-state index in [9.17, 15) is 14.7 Å². The van der Waals surface area contributed by atoms with E-state index in [1.165, 1.54) is 6.08 Å². The molecule has 0 spiro atoms. The van der Waals surface area contributed by atoms with Gasteiger partial charge >= 0.3 is 0 Å². The van der Waals surface area contributed by atoms with Gasteiger partial charge in [0.1, 0.15) is 12.3 Å². The van der Waals surface area contributed by atoms with Gasteiger partial charge in [0.2, 0.25) is 11.8 Å². The summed E-state index contributed by atoms with van der Waals surface area (Å²) in [6.07, 6.45) is 2.88. The molecule has 0 atom stereocenters. The first kappa shape index (κ1) is 25.9. The molecule has 0 aliphatic carbocycles. The number of fused-ring (bicyclic) bond motifs is 1. The van der Waals surface area contributed by atoms with Crippen molar-refractivity contribution in [3.63, 3.8) is 0 Å². The molecular formula is C27H22Cl2N4O4. The highest BCUT2D eigenvalue weighted by Crippen LogP contribution is 2.39. The number of ether oxygens (including phenoxy) is 1. The van der Waals surface area contributed by atoms with E-state index < -0.39 is 11.8 Å². The Hall–Kier alpha value is -4.14. The Balaban J connectivity index is 1.46. The van der Waals surface area contributed by atoms with E-state index in [1.54, 1.807) is 60.2 Å². The number of carbonyl (C=O) groups is 2. The Bertz CT molecular complexity index is 1530. The van der Waals surface area contributed by atoms with Crippen molar-refractivity contribution < 1.29 is 19.4 Å². The van der Waals surface area contributed by atoms with Gasteiger partial charge in [0.25, 0.3) is 5.91 Å². The average molecular weight is 537 g/mol. The van der Waals surface area contributed by atoms with E-state index >= 15 is 0 Å². The summed E-state index contributed by atoms with van der Waals surface area (Å²) in [5, 5.41) is 22.5. The minimum absolute atomic E-state index is 0.145. The summed E-state index contributed by atoms with van der Waals surface area (Å²) in [5.74, 6) is -0.697. The zero-order valence-corrected chi connectivity index (χ0v) is 21.2. The fourth-order valence-electron chi connectivity index (χ4n) is 3.68. The molecule has 0 bridgehead atoms. The number of methoxy groups -OCH3 is 1. The standard InChI is InChI=1S/C27H22Cl2N4O4/c1-37-23-9-5-2-6-18(23)11-13-24(34)30-15-25(35)31-32-26-19-7-3-4-8-22(19)33(27(26)36)16-17-10-12-20(28)21(29)14-17/h2-14,36H,15-16H2,1H3,(H,30,34). The summed E-state index contributed by atoms with van der Waals surface area (Å²) in [6.45, 7) is -0.0669. The molecule has 0 fully saturated rings. The molecule has 0 saturated heterocycles. The summed E-state index contributed by atoms with van der Waals surface area (Å²) in [7, 11) is 1.54. The Morgan fingerprint density at radius 1 is 1.05 bits per heavy atom. The van der Waals surface area contributed by atoms with Crippen LogP contribution < -0.4 is 10.1 Å². The Morgan fingerprint density at radius 3 is 2.59 bits per heavy atom. The number of aromatic hydroxyl groups is 1. The van der Waals surface area contributed by atoms with E-state index in [2.05, 4.69) is 15.5 Å². The van der Waals surface area contributed by atoms with Crippen molar-refractivity contribution in [1.82, 2.24) is 9.88 Å². The highest BCUT2D eigenvalue weighted by molar-refractivity contribution is 6.42. The molecule has 0 saturated carbocycles. The molecule has 0 aliphatic heterocycles. The first-order chi connectivity index (χ1) is 17.9. The summed E-state index contributed by atoms with van der Waals surface area (Å²) in [4.78, 5) is 24.4. The monoisotopic (exact) mass is 536 g/mol. The van der Waals surface area contributed by atoms with E-state index in [0.29, 0.717) is 33.2 Å². The van der Waals surface area contributed by atoms with Crippen molar-refractivity contribution in [3.05, 3.63) is 94.0 Å². The van der Waals surface area contributed by atoms with Crippen molar-refractivity contribution in [1.29, 1.82) is 0 Å². The largest absolute Gasteiger partial charge is 0.496 e. The Kier molecular flexibility index (Phi) is 8.22. The van der Waals surface area contributed by atoms with Gasteiger partial charge in [-0.15, -0.1) is 10.2 Å². The molecule has 2 amide bonds. The number of azo groups is 1. The SMILES string of the molecule is COc1ccccc1C=CC(=O)NCC(=O)N=Nc1c(O)n(Cc2ccc(Cl)c(Cl)c2)c2ccccc12. The minimum Gasteiger partial charge on any atom is -0.496 e.